The van der Waals surface area contributed by atoms with Crippen molar-refractivity contribution in [1.29, 1.82) is 0 Å². The van der Waals surface area contributed by atoms with Crippen molar-refractivity contribution in [2.75, 3.05) is 13.1 Å². The minimum Gasteiger partial charge on any atom is -0.379 e. The summed E-state index contributed by atoms with van der Waals surface area (Å²) >= 11 is 0. The Kier molecular flexibility index (Phi) is 3.40. The van der Waals surface area contributed by atoms with Crippen molar-refractivity contribution in [1.82, 2.24) is 4.90 Å². The van der Waals surface area contributed by atoms with E-state index in [1.54, 1.807) is 0 Å². The van der Waals surface area contributed by atoms with E-state index in [4.69, 9.17) is 0 Å². The maximum absolute atomic E-state index is 12.6. The third-order valence-electron chi connectivity index (χ3n) is 3.68. The van der Waals surface area contributed by atoms with Gasteiger partial charge >= 0.3 is 6.18 Å². The van der Waals surface area contributed by atoms with Crippen molar-refractivity contribution < 1.29 is 23.1 Å². The minimum atomic E-state index is -4.67. The summed E-state index contributed by atoms with van der Waals surface area (Å²) in [6, 6.07) is 0. The lowest BCUT2D eigenvalue weighted by molar-refractivity contribution is -0.253. The number of halogens is 3. The van der Waals surface area contributed by atoms with Crippen molar-refractivity contribution in [3.05, 3.63) is 12.2 Å². The molecule has 1 heterocycles. The number of likely N-dealkylation sites (tertiary alicyclic amines) is 1. The number of amides is 1. The molecule has 0 spiro atoms. The van der Waals surface area contributed by atoms with Crippen molar-refractivity contribution in [3.63, 3.8) is 0 Å². The summed E-state index contributed by atoms with van der Waals surface area (Å²) in [4.78, 5) is 13.0. The number of carbonyl (C=O) groups is 1. The molecule has 2 aliphatic rings. The Bertz CT molecular complexity index is 367. The lowest BCUT2D eigenvalue weighted by Gasteiger charge is -2.26. The van der Waals surface area contributed by atoms with E-state index in [0.717, 1.165) is 17.7 Å². The van der Waals surface area contributed by atoms with Crippen LogP contribution in [-0.4, -0.2) is 40.8 Å². The highest BCUT2D eigenvalue weighted by Crippen LogP contribution is 2.38. The molecule has 0 saturated carbocycles. The largest absolute Gasteiger partial charge is 0.419 e. The zero-order chi connectivity index (χ0) is 13.4. The monoisotopic (exact) mass is 263 g/mol. The molecule has 0 unspecified atom stereocenters. The molecule has 1 amide bonds. The standard InChI is InChI=1S/C12H16F3NO2/c13-12(14,15)11(18)5-6-16(8-11)10(17)7-9-3-1-2-4-9/h1,3,9,18H,2,4-8H2/t9-,11-/m0/s1. The first-order valence-electron chi connectivity index (χ1n) is 6.05. The molecule has 0 aromatic carbocycles. The summed E-state index contributed by atoms with van der Waals surface area (Å²) in [5, 5.41) is 9.48. The van der Waals surface area contributed by atoms with Crippen LogP contribution in [0.25, 0.3) is 0 Å². The van der Waals surface area contributed by atoms with Gasteiger partial charge in [0, 0.05) is 19.4 Å². The third kappa shape index (κ3) is 2.53. The lowest BCUT2D eigenvalue weighted by Crippen LogP contribution is -2.48. The van der Waals surface area contributed by atoms with Gasteiger partial charge in [0.25, 0.3) is 0 Å². The van der Waals surface area contributed by atoms with E-state index in [-0.39, 0.29) is 24.8 Å². The Morgan fingerprint density at radius 2 is 2.22 bits per heavy atom. The number of β-amino-alcohol motifs (C(OH)–C–C–N with tert-alkyl or cyclic N) is 1. The van der Waals surface area contributed by atoms with Crippen molar-refractivity contribution in [2.45, 2.75) is 37.5 Å². The second-order valence-electron chi connectivity index (χ2n) is 5.06. The normalized spacial score (nSPS) is 32.2. The van der Waals surface area contributed by atoms with Crippen LogP contribution in [0.15, 0.2) is 12.2 Å². The molecule has 0 bridgehead atoms. The molecule has 1 aliphatic heterocycles. The molecular formula is C12H16F3NO2. The predicted octanol–water partition coefficient (Wildman–Crippen LogP) is 1.87. The number of carbonyl (C=O) groups excluding carboxylic acids is 1. The smallest absolute Gasteiger partial charge is 0.379 e. The summed E-state index contributed by atoms with van der Waals surface area (Å²) < 4.78 is 37.8. The van der Waals surface area contributed by atoms with E-state index in [0.29, 0.717) is 0 Å². The van der Waals surface area contributed by atoms with Gasteiger partial charge in [0.15, 0.2) is 5.60 Å². The van der Waals surface area contributed by atoms with Gasteiger partial charge in [-0.1, -0.05) is 12.2 Å². The fourth-order valence-corrected chi connectivity index (χ4v) is 2.46. The fourth-order valence-electron chi connectivity index (χ4n) is 2.46. The number of rotatable bonds is 2. The van der Waals surface area contributed by atoms with Gasteiger partial charge in [-0.15, -0.1) is 0 Å². The molecule has 6 heteroatoms. The number of nitrogens with zero attached hydrogens (tertiary/aromatic N) is 1. The molecule has 1 N–H and O–H groups in total. The van der Waals surface area contributed by atoms with E-state index in [1.165, 1.54) is 0 Å². The molecule has 102 valence electrons. The Morgan fingerprint density at radius 1 is 1.50 bits per heavy atom. The number of aliphatic hydroxyl groups is 1. The maximum Gasteiger partial charge on any atom is 0.419 e. The molecule has 2 atom stereocenters. The average Bonchev–Trinajstić information content (AvgIpc) is 2.86. The first-order chi connectivity index (χ1) is 8.32. The van der Waals surface area contributed by atoms with Crippen LogP contribution in [0.5, 0.6) is 0 Å². The van der Waals surface area contributed by atoms with Crippen LogP contribution >= 0.6 is 0 Å². The van der Waals surface area contributed by atoms with Crippen molar-refractivity contribution >= 4 is 5.91 Å². The highest BCUT2D eigenvalue weighted by atomic mass is 19.4. The van der Waals surface area contributed by atoms with Gasteiger partial charge in [-0.25, -0.2) is 0 Å². The molecule has 18 heavy (non-hydrogen) atoms. The summed E-state index contributed by atoms with van der Waals surface area (Å²) in [6.45, 7) is -0.656. The zero-order valence-electron chi connectivity index (χ0n) is 9.91. The van der Waals surface area contributed by atoms with Gasteiger partial charge in [0.1, 0.15) is 0 Å². The van der Waals surface area contributed by atoms with E-state index < -0.39 is 24.7 Å². The summed E-state index contributed by atoms with van der Waals surface area (Å²) in [5.41, 5.74) is -2.73. The van der Waals surface area contributed by atoms with Gasteiger partial charge in [0.05, 0.1) is 6.54 Å². The molecule has 1 saturated heterocycles. The molecule has 0 radical (unpaired) electrons. The van der Waals surface area contributed by atoms with Gasteiger partial charge in [-0.2, -0.15) is 13.2 Å². The van der Waals surface area contributed by atoms with Crippen LogP contribution in [0.4, 0.5) is 13.2 Å². The van der Waals surface area contributed by atoms with Gasteiger partial charge < -0.3 is 10.0 Å². The Labute approximate surface area is 103 Å². The summed E-state index contributed by atoms with van der Waals surface area (Å²) in [6.07, 6.45) is 0.855. The van der Waals surface area contributed by atoms with Crippen LogP contribution in [-0.2, 0) is 4.79 Å². The number of alkyl halides is 3. The van der Waals surface area contributed by atoms with E-state index in [1.807, 2.05) is 12.2 Å². The molecule has 1 aliphatic carbocycles. The maximum atomic E-state index is 12.6. The zero-order valence-corrected chi connectivity index (χ0v) is 9.91. The number of allylic oxidation sites excluding steroid dienone is 2. The van der Waals surface area contributed by atoms with Crippen molar-refractivity contribution in [3.8, 4) is 0 Å². The second kappa shape index (κ2) is 4.57. The number of hydrogen-bond donors (Lipinski definition) is 1. The summed E-state index contributed by atoms with van der Waals surface area (Å²) in [7, 11) is 0. The molecule has 1 fully saturated rings. The fraction of sp³-hybridized carbons (Fsp3) is 0.750. The van der Waals surface area contributed by atoms with Gasteiger partial charge in [0.2, 0.25) is 5.91 Å². The molecular weight excluding hydrogens is 247 g/mol. The molecule has 0 aromatic rings. The number of hydrogen-bond acceptors (Lipinski definition) is 2. The highest BCUT2D eigenvalue weighted by molar-refractivity contribution is 5.77. The average molecular weight is 263 g/mol. The van der Waals surface area contributed by atoms with Crippen LogP contribution in [0.3, 0.4) is 0 Å². The minimum absolute atomic E-state index is 0.0225. The quantitative estimate of drug-likeness (QED) is 0.773. The predicted molar refractivity (Wildman–Crippen MR) is 58.7 cm³/mol. The van der Waals surface area contributed by atoms with Crippen LogP contribution in [0, 0.1) is 5.92 Å². The van der Waals surface area contributed by atoms with Gasteiger partial charge in [-0.05, 0) is 18.8 Å². The van der Waals surface area contributed by atoms with Crippen LogP contribution < -0.4 is 0 Å². The second-order valence-corrected chi connectivity index (χ2v) is 5.06. The SMILES string of the molecule is O=C(C[C@H]1C=CCC1)N1CC[C@@](O)(C(F)(F)F)C1. The van der Waals surface area contributed by atoms with Crippen molar-refractivity contribution in [2.24, 2.45) is 5.92 Å². The molecule has 3 nitrogen and oxygen atoms in total. The van der Waals surface area contributed by atoms with E-state index >= 15 is 0 Å². The molecule has 0 aromatic heterocycles. The van der Waals surface area contributed by atoms with E-state index in [2.05, 4.69) is 0 Å². The highest BCUT2D eigenvalue weighted by Gasteiger charge is 2.57. The Balaban J connectivity index is 1.92. The van der Waals surface area contributed by atoms with Gasteiger partial charge in [-0.3, -0.25) is 4.79 Å². The van der Waals surface area contributed by atoms with Crippen LogP contribution in [0.1, 0.15) is 25.7 Å². The third-order valence-corrected chi connectivity index (χ3v) is 3.68. The first kappa shape index (κ1) is 13.4. The first-order valence-corrected chi connectivity index (χ1v) is 6.05. The topological polar surface area (TPSA) is 40.5 Å². The van der Waals surface area contributed by atoms with E-state index in [9.17, 15) is 23.1 Å². The Morgan fingerprint density at radius 3 is 2.72 bits per heavy atom. The Hall–Kier alpha value is -1.04. The lowest BCUT2D eigenvalue weighted by atomic mass is 10.0. The summed E-state index contributed by atoms with van der Waals surface area (Å²) in [5.74, 6) is -0.163. The van der Waals surface area contributed by atoms with Crippen LogP contribution in [0.2, 0.25) is 0 Å². The molecule has 2 rings (SSSR count).